The number of nitrogens with one attached hydrogen (secondary N) is 1. The molecule has 1 aromatic carbocycles. The topological polar surface area (TPSA) is 92.4 Å². The second kappa shape index (κ2) is 6.06. The predicted octanol–water partition coefficient (Wildman–Crippen LogP) is 0.383. The van der Waals surface area contributed by atoms with Gasteiger partial charge in [-0.1, -0.05) is 6.07 Å². The smallest absolute Gasteiger partial charge is 0.321 e. The van der Waals surface area contributed by atoms with E-state index in [9.17, 15) is 18.4 Å². The van der Waals surface area contributed by atoms with Crippen molar-refractivity contribution in [3.05, 3.63) is 35.4 Å². The molecule has 0 fully saturated rings. The summed E-state index contributed by atoms with van der Waals surface area (Å²) in [7, 11) is 0. The van der Waals surface area contributed by atoms with Crippen molar-refractivity contribution in [2.24, 2.45) is 5.73 Å². The van der Waals surface area contributed by atoms with Gasteiger partial charge in [-0.2, -0.15) is 0 Å². The third-order valence-corrected chi connectivity index (χ3v) is 2.21. The summed E-state index contributed by atoms with van der Waals surface area (Å²) in [5.74, 6) is -3.40. The van der Waals surface area contributed by atoms with Gasteiger partial charge in [0.15, 0.2) is 0 Å². The number of benzene rings is 1. The Morgan fingerprint density at radius 1 is 1.39 bits per heavy atom. The van der Waals surface area contributed by atoms with Crippen LogP contribution in [-0.2, 0) is 16.1 Å². The summed E-state index contributed by atoms with van der Waals surface area (Å²) in [5, 5.41) is 10.8. The second-order valence-corrected chi connectivity index (χ2v) is 3.66. The fourth-order valence-electron chi connectivity index (χ4n) is 1.22. The van der Waals surface area contributed by atoms with E-state index in [2.05, 4.69) is 5.32 Å². The van der Waals surface area contributed by atoms with Gasteiger partial charge >= 0.3 is 5.97 Å². The Bertz CT molecular complexity index is 466. The Hall–Kier alpha value is -2.02. The fourth-order valence-corrected chi connectivity index (χ4v) is 1.22. The molecular formula is C11H12F2N2O3. The van der Waals surface area contributed by atoms with Gasteiger partial charge < -0.3 is 16.2 Å². The van der Waals surface area contributed by atoms with Crippen LogP contribution in [0.1, 0.15) is 12.0 Å². The van der Waals surface area contributed by atoms with Crippen LogP contribution in [0.3, 0.4) is 0 Å². The molecule has 1 aromatic rings. The summed E-state index contributed by atoms with van der Waals surface area (Å²) in [6, 6.07) is 1.66. The minimum absolute atomic E-state index is 0.105. The third kappa shape index (κ3) is 4.10. The number of nitrogens with two attached hydrogens (primary N) is 1. The van der Waals surface area contributed by atoms with Crippen molar-refractivity contribution in [1.82, 2.24) is 5.32 Å². The minimum atomic E-state index is -1.30. The average Bonchev–Trinajstić information content (AvgIpc) is 2.27. The molecule has 4 N–H and O–H groups in total. The molecule has 1 amide bonds. The van der Waals surface area contributed by atoms with Crippen LogP contribution in [0.2, 0.25) is 0 Å². The molecule has 0 aliphatic carbocycles. The summed E-state index contributed by atoms with van der Waals surface area (Å²) in [4.78, 5) is 21.7. The molecule has 1 unspecified atom stereocenters. The molecule has 1 atom stereocenters. The van der Waals surface area contributed by atoms with Gasteiger partial charge in [0.25, 0.3) is 0 Å². The molecular weight excluding hydrogens is 246 g/mol. The van der Waals surface area contributed by atoms with E-state index in [1.54, 1.807) is 0 Å². The first kappa shape index (κ1) is 14.0. The highest BCUT2D eigenvalue weighted by molar-refractivity contribution is 5.84. The maximum atomic E-state index is 13.2. The zero-order valence-corrected chi connectivity index (χ0v) is 9.32. The maximum Gasteiger partial charge on any atom is 0.321 e. The minimum Gasteiger partial charge on any atom is -0.480 e. The van der Waals surface area contributed by atoms with Crippen LogP contribution >= 0.6 is 0 Å². The van der Waals surface area contributed by atoms with Crippen LogP contribution in [-0.4, -0.2) is 23.0 Å². The fraction of sp³-hybridized carbons (Fsp3) is 0.273. The number of aliphatic carboxylic acids is 1. The number of amides is 1. The normalized spacial score (nSPS) is 11.9. The van der Waals surface area contributed by atoms with Crippen molar-refractivity contribution in [3.63, 3.8) is 0 Å². The zero-order valence-electron chi connectivity index (χ0n) is 9.32. The Labute approximate surface area is 102 Å². The van der Waals surface area contributed by atoms with Gasteiger partial charge in [0.2, 0.25) is 5.91 Å². The lowest BCUT2D eigenvalue weighted by atomic mass is 10.2. The number of hydrogen-bond acceptors (Lipinski definition) is 3. The summed E-state index contributed by atoms with van der Waals surface area (Å²) in [6.07, 6.45) is -0.405. The predicted molar refractivity (Wildman–Crippen MR) is 58.4 cm³/mol. The third-order valence-electron chi connectivity index (χ3n) is 2.21. The largest absolute Gasteiger partial charge is 0.480 e. The summed E-state index contributed by atoms with van der Waals surface area (Å²) in [5.41, 5.74) is 5.26. The van der Waals surface area contributed by atoms with Crippen LogP contribution < -0.4 is 11.1 Å². The highest BCUT2D eigenvalue weighted by Crippen LogP contribution is 2.09. The Balaban J connectivity index is 2.50. The van der Waals surface area contributed by atoms with E-state index in [1.807, 2.05) is 0 Å². The van der Waals surface area contributed by atoms with Gasteiger partial charge in [-0.3, -0.25) is 9.59 Å². The molecule has 0 bridgehead atoms. The number of hydrogen-bond donors (Lipinski definition) is 3. The zero-order chi connectivity index (χ0) is 13.7. The van der Waals surface area contributed by atoms with Gasteiger partial charge in [-0.15, -0.1) is 0 Å². The quantitative estimate of drug-likeness (QED) is 0.712. The van der Waals surface area contributed by atoms with Gasteiger partial charge in [-0.25, -0.2) is 8.78 Å². The lowest BCUT2D eigenvalue weighted by molar-refractivity contribution is -0.140. The SMILES string of the molecule is NC(CC(=O)NCc1ccc(F)cc1F)C(=O)O. The monoisotopic (exact) mass is 258 g/mol. The van der Waals surface area contributed by atoms with E-state index < -0.39 is 36.0 Å². The first-order chi connectivity index (χ1) is 8.40. The first-order valence-corrected chi connectivity index (χ1v) is 5.09. The molecule has 5 nitrogen and oxygen atoms in total. The molecule has 98 valence electrons. The van der Waals surface area contributed by atoms with E-state index in [1.165, 1.54) is 6.07 Å². The van der Waals surface area contributed by atoms with Crippen LogP contribution in [0.4, 0.5) is 8.78 Å². The van der Waals surface area contributed by atoms with E-state index in [0.29, 0.717) is 6.07 Å². The molecule has 1 rings (SSSR count). The van der Waals surface area contributed by atoms with Crippen LogP contribution in [0, 0.1) is 11.6 Å². The molecule has 7 heteroatoms. The number of carbonyl (C=O) groups excluding carboxylic acids is 1. The van der Waals surface area contributed by atoms with Crippen LogP contribution in [0.5, 0.6) is 0 Å². The molecule has 0 aromatic heterocycles. The second-order valence-electron chi connectivity index (χ2n) is 3.66. The number of rotatable bonds is 5. The van der Waals surface area contributed by atoms with Gasteiger partial charge in [-0.05, 0) is 6.07 Å². The van der Waals surface area contributed by atoms with Gasteiger partial charge in [0.1, 0.15) is 17.7 Å². The molecule has 0 spiro atoms. The standard InChI is InChI=1S/C11H12F2N2O3/c12-7-2-1-6(8(13)3-7)5-15-10(16)4-9(14)11(17)18/h1-3,9H,4-5,14H2,(H,15,16)(H,17,18). The number of halogens is 2. The highest BCUT2D eigenvalue weighted by atomic mass is 19.1. The molecule has 0 saturated heterocycles. The van der Waals surface area contributed by atoms with E-state index in [4.69, 9.17) is 10.8 Å². The summed E-state index contributed by atoms with van der Waals surface area (Å²) < 4.78 is 25.8. The van der Waals surface area contributed by atoms with Gasteiger partial charge in [0.05, 0.1) is 6.42 Å². The van der Waals surface area contributed by atoms with Gasteiger partial charge in [0, 0.05) is 18.2 Å². The maximum absolute atomic E-state index is 13.2. The van der Waals surface area contributed by atoms with E-state index in [-0.39, 0.29) is 12.1 Å². The van der Waals surface area contributed by atoms with Crippen LogP contribution in [0.25, 0.3) is 0 Å². The Morgan fingerprint density at radius 3 is 2.61 bits per heavy atom. The molecule has 0 saturated carbocycles. The van der Waals surface area contributed by atoms with Crippen molar-refractivity contribution in [1.29, 1.82) is 0 Å². The lowest BCUT2D eigenvalue weighted by Gasteiger charge is -2.08. The molecule has 0 radical (unpaired) electrons. The molecule has 0 aliphatic heterocycles. The molecule has 0 aliphatic rings. The number of carboxylic acids is 1. The van der Waals surface area contributed by atoms with Crippen LogP contribution in [0.15, 0.2) is 18.2 Å². The average molecular weight is 258 g/mol. The van der Waals surface area contributed by atoms with Crippen molar-refractivity contribution >= 4 is 11.9 Å². The molecule has 0 heterocycles. The van der Waals surface area contributed by atoms with Crippen molar-refractivity contribution in [2.45, 2.75) is 19.0 Å². The Kier molecular flexibility index (Phi) is 4.73. The summed E-state index contributed by atoms with van der Waals surface area (Å²) in [6.45, 7) is -0.155. The molecule has 18 heavy (non-hydrogen) atoms. The number of carbonyl (C=O) groups is 2. The van der Waals surface area contributed by atoms with E-state index in [0.717, 1.165) is 6.07 Å². The van der Waals surface area contributed by atoms with E-state index >= 15 is 0 Å². The van der Waals surface area contributed by atoms with Crippen molar-refractivity contribution < 1.29 is 23.5 Å². The lowest BCUT2D eigenvalue weighted by Crippen LogP contribution is -2.36. The Morgan fingerprint density at radius 2 is 2.06 bits per heavy atom. The number of carboxylic acid groups (broad SMARTS) is 1. The van der Waals surface area contributed by atoms with Crippen molar-refractivity contribution in [3.8, 4) is 0 Å². The summed E-state index contributed by atoms with van der Waals surface area (Å²) >= 11 is 0. The first-order valence-electron chi connectivity index (χ1n) is 5.09. The van der Waals surface area contributed by atoms with Crippen molar-refractivity contribution in [2.75, 3.05) is 0 Å². The highest BCUT2D eigenvalue weighted by Gasteiger charge is 2.16.